The van der Waals surface area contributed by atoms with E-state index in [0.29, 0.717) is 18.5 Å². The normalized spacial score (nSPS) is 13.5. The van der Waals surface area contributed by atoms with Crippen LogP contribution in [0.5, 0.6) is 11.5 Å². The molecule has 2 aromatic heterocycles. The van der Waals surface area contributed by atoms with Gasteiger partial charge in [-0.05, 0) is 150 Å². The molecule has 0 atom stereocenters. The molecule has 0 saturated heterocycles. The van der Waals surface area contributed by atoms with Crippen LogP contribution in [0, 0.1) is 0 Å². The van der Waals surface area contributed by atoms with Crippen molar-refractivity contribution >= 4 is 44.6 Å². The summed E-state index contributed by atoms with van der Waals surface area (Å²) in [5.41, 5.74) is 19.8. The van der Waals surface area contributed by atoms with Crippen molar-refractivity contribution in [3.63, 3.8) is 0 Å². The minimum Gasteiger partial charge on any atom is -0.457 e. The molecule has 8 aromatic carbocycles. The Kier molecular flexibility index (Phi) is 14.5. The van der Waals surface area contributed by atoms with Crippen LogP contribution in [0.2, 0.25) is 0 Å². The van der Waals surface area contributed by atoms with E-state index in [1.165, 1.54) is 77.8 Å². The number of para-hydroxylation sites is 1. The molecule has 1 aliphatic rings. The number of nitrogens with zero attached hydrogens (tertiary/aromatic N) is 4. The van der Waals surface area contributed by atoms with E-state index in [1.54, 1.807) is 0 Å². The molecule has 0 bridgehead atoms. The first-order valence-electron chi connectivity index (χ1n) is 30.2. The summed E-state index contributed by atoms with van der Waals surface area (Å²) in [7, 11) is 0. The summed E-state index contributed by atoms with van der Waals surface area (Å²) in [6, 6.07) is 68.1. The quantitative estimate of drug-likeness (QED) is 0.122. The van der Waals surface area contributed by atoms with Crippen LogP contribution < -0.4 is 14.5 Å². The molecule has 0 amide bonds. The molecule has 5 nitrogen and oxygen atoms in total. The molecule has 0 N–H and O–H groups in total. The van der Waals surface area contributed by atoms with E-state index >= 15 is 0 Å². The average Bonchev–Trinajstić information content (AvgIpc) is 2.16. The highest BCUT2D eigenvalue weighted by molar-refractivity contribution is 6.11. The van der Waals surface area contributed by atoms with Gasteiger partial charge in [0.05, 0.1) is 22.4 Å². The van der Waals surface area contributed by atoms with Crippen molar-refractivity contribution in [1.29, 1.82) is 0 Å². The maximum absolute atomic E-state index is 7.51. The van der Waals surface area contributed by atoms with Gasteiger partial charge in [-0.2, -0.15) is 0 Å². The van der Waals surface area contributed by atoms with E-state index in [9.17, 15) is 0 Å². The van der Waals surface area contributed by atoms with Gasteiger partial charge in [0.25, 0.3) is 0 Å². The third kappa shape index (κ3) is 10.7. The van der Waals surface area contributed by atoms with Crippen molar-refractivity contribution < 1.29 is 4.74 Å². The smallest absolute Gasteiger partial charge is 0.137 e. The fraction of sp³-hybridized carbons (Fsp3) is 0.321. The highest BCUT2D eigenvalue weighted by Gasteiger charge is 2.35. The minimum atomic E-state index is -0.391. The molecule has 0 radical (unpaired) electrons. The SMILES string of the molecule is CC(C)c1cccc(C(C)C)c1-c1ccc2c(c1)N(c1cc(Oc3cc(C(C)(C)C)c4c5ccccc5n(-c5cc(C(C)(C)C)ccn5)c4c3)cc(C(C)(C)c3ccccc3)c1)CN2c1cc(C(C)(C)C)cc(C(C)(C)c2ccccc2)c1. The largest absolute Gasteiger partial charge is 0.457 e. The molecule has 0 fully saturated rings. The van der Waals surface area contributed by atoms with Crippen LogP contribution >= 0.6 is 0 Å². The Morgan fingerprint density at radius 3 is 1.55 bits per heavy atom. The van der Waals surface area contributed by atoms with Gasteiger partial charge in [0.2, 0.25) is 0 Å². The highest BCUT2D eigenvalue weighted by Crippen LogP contribution is 2.51. The average molecular weight is 1100 g/mol. The predicted octanol–water partition coefficient (Wildman–Crippen LogP) is 21.7. The zero-order valence-electron chi connectivity index (χ0n) is 52.5. The maximum Gasteiger partial charge on any atom is 0.137 e. The number of rotatable bonds is 12. The summed E-state index contributed by atoms with van der Waals surface area (Å²) in [4.78, 5) is 10.2. The second kappa shape index (κ2) is 21.1. The van der Waals surface area contributed by atoms with Crippen LogP contribution in [0.1, 0.15) is 180 Å². The third-order valence-electron chi connectivity index (χ3n) is 17.9. The van der Waals surface area contributed by atoms with Gasteiger partial charge in [-0.15, -0.1) is 0 Å². The Morgan fingerprint density at radius 1 is 0.422 bits per heavy atom. The van der Waals surface area contributed by atoms with E-state index < -0.39 is 5.41 Å². The summed E-state index contributed by atoms with van der Waals surface area (Å²) in [5.74, 6) is 3.14. The van der Waals surface area contributed by atoms with Gasteiger partial charge in [0.1, 0.15) is 24.0 Å². The van der Waals surface area contributed by atoms with Crippen LogP contribution in [-0.4, -0.2) is 16.2 Å². The molecule has 5 heteroatoms. The number of hydrogen-bond donors (Lipinski definition) is 0. The third-order valence-corrected chi connectivity index (χ3v) is 17.9. The van der Waals surface area contributed by atoms with Gasteiger partial charge in [-0.3, -0.25) is 4.57 Å². The molecule has 0 unspecified atom stereocenters. The molecular weight excluding hydrogens is 1010 g/mol. The molecule has 3 heterocycles. The number of fused-ring (bicyclic) bond motifs is 4. The van der Waals surface area contributed by atoms with Crippen molar-refractivity contribution in [2.24, 2.45) is 0 Å². The van der Waals surface area contributed by atoms with E-state index in [0.717, 1.165) is 45.3 Å². The van der Waals surface area contributed by atoms with Gasteiger partial charge in [0.15, 0.2) is 0 Å². The number of pyridine rings is 1. The Labute approximate surface area is 496 Å². The Hall–Kier alpha value is -7.89. The van der Waals surface area contributed by atoms with E-state index in [4.69, 9.17) is 9.72 Å². The lowest BCUT2D eigenvalue weighted by Gasteiger charge is -2.32. The standard InChI is InChI=1S/C78H86N4O/c1-50(2)63-32-26-33-64(51(3)4)72(63)52-35-36-68-69(39-52)81(49-80(68)59-41-56(75(8,9)10)40-57(42-59)77(14,15)53-27-20-18-21-28-53)60-43-58(78(16,17)54-29-22-19-23-30-54)44-61(46-60)83-62-47-66(76(11,12)13)73-65-31-24-25-34-67(65)82(70(73)48-62)71-45-55(37-38-79-71)74(5,6)7/h18-48,50-51H,49H2,1-17H3. The van der Waals surface area contributed by atoms with Crippen LogP contribution in [0.3, 0.4) is 0 Å². The van der Waals surface area contributed by atoms with Crippen LogP contribution in [0.25, 0.3) is 38.8 Å². The molecule has 424 valence electrons. The minimum absolute atomic E-state index is 0.0553. The number of anilines is 4. The van der Waals surface area contributed by atoms with Gasteiger partial charge >= 0.3 is 0 Å². The summed E-state index contributed by atoms with van der Waals surface area (Å²) >= 11 is 0. The topological polar surface area (TPSA) is 33.5 Å². The molecule has 0 aliphatic carbocycles. The molecule has 10 aromatic rings. The summed E-state index contributed by atoms with van der Waals surface area (Å²) < 4.78 is 9.86. The molecule has 0 saturated carbocycles. The summed E-state index contributed by atoms with van der Waals surface area (Å²) in [5, 5.41) is 2.42. The Balaban J connectivity index is 1.15. The Morgan fingerprint density at radius 2 is 0.964 bits per heavy atom. The van der Waals surface area contributed by atoms with Crippen molar-refractivity contribution in [2.45, 2.75) is 157 Å². The van der Waals surface area contributed by atoms with Gasteiger partial charge in [0, 0.05) is 51.3 Å². The number of benzene rings is 8. The zero-order valence-corrected chi connectivity index (χ0v) is 52.5. The predicted molar refractivity (Wildman–Crippen MR) is 354 cm³/mol. The number of hydrogen-bond acceptors (Lipinski definition) is 4. The second-order valence-corrected chi connectivity index (χ2v) is 28.3. The molecular formula is C78H86N4O. The second-order valence-electron chi connectivity index (χ2n) is 28.3. The summed E-state index contributed by atoms with van der Waals surface area (Å²) in [6.45, 7) is 40.1. The van der Waals surface area contributed by atoms with Crippen LogP contribution in [0.4, 0.5) is 22.7 Å². The van der Waals surface area contributed by atoms with Crippen molar-refractivity contribution in [3.05, 3.63) is 238 Å². The fourth-order valence-corrected chi connectivity index (χ4v) is 12.6. The number of aromatic nitrogens is 2. The van der Waals surface area contributed by atoms with Gasteiger partial charge in [-0.25, -0.2) is 4.98 Å². The highest BCUT2D eigenvalue weighted by atomic mass is 16.5. The first-order valence-corrected chi connectivity index (χ1v) is 30.2. The van der Waals surface area contributed by atoms with Crippen LogP contribution in [-0.2, 0) is 27.1 Å². The van der Waals surface area contributed by atoms with E-state index in [-0.39, 0.29) is 21.7 Å². The fourth-order valence-electron chi connectivity index (χ4n) is 12.6. The number of ether oxygens (including phenoxy) is 1. The van der Waals surface area contributed by atoms with E-state index in [2.05, 4.69) is 314 Å². The first-order chi connectivity index (χ1) is 39.2. The van der Waals surface area contributed by atoms with Crippen molar-refractivity contribution in [2.75, 3.05) is 16.5 Å². The van der Waals surface area contributed by atoms with Crippen molar-refractivity contribution in [1.82, 2.24) is 9.55 Å². The molecule has 11 rings (SSSR count). The van der Waals surface area contributed by atoms with Gasteiger partial charge < -0.3 is 14.5 Å². The lowest BCUT2D eigenvalue weighted by molar-refractivity contribution is 0.477. The summed E-state index contributed by atoms with van der Waals surface area (Å²) in [6.07, 6.45) is 1.96. The lowest BCUT2D eigenvalue weighted by atomic mass is 9.75. The first kappa shape index (κ1) is 56.9. The van der Waals surface area contributed by atoms with Crippen molar-refractivity contribution in [3.8, 4) is 28.4 Å². The van der Waals surface area contributed by atoms with E-state index in [1.807, 2.05) is 6.20 Å². The Bertz CT molecular complexity index is 4020. The van der Waals surface area contributed by atoms with Gasteiger partial charge in [-0.1, -0.05) is 227 Å². The van der Waals surface area contributed by atoms with Crippen LogP contribution in [0.15, 0.2) is 188 Å². The molecule has 1 aliphatic heterocycles. The zero-order chi connectivity index (χ0) is 59.1. The monoisotopic (exact) mass is 1090 g/mol. The molecule has 83 heavy (non-hydrogen) atoms. The maximum atomic E-state index is 7.51. The molecule has 0 spiro atoms. The lowest BCUT2D eigenvalue weighted by Crippen LogP contribution is -2.27.